The van der Waals surface area contributed by atoms with Crippen LogP contribution in [0.5, 0.6) is 0 Å². The monoisotopic (exact) mass is 234 g/mol. The van der Waals surface area contributed by atoms with E-state index in [0.29, 0.717) is 5.69 Å². The number of amides is 2. The number of carbonyl (C=O) groups is 1. The van der Waals surface area contributed by atoms with Crippen LogP contribution in [0.15, 0.2) is 30.3 Å². The zero-order chi connectivity index (χ0) is 12.2. The van der Waals surface area contributed by atoms with E-state index in [1.807, 2.05) is 0 Å². The average molecular weight is 234 g/mol. The summed E-state index contributed by atoms with van der Waals surface area (Å²) in [6.45, 7) is 0. The van der Waals surface area contributed by atoms with Crippen molar-refractivity contribution in [2.75, 3.05) is 5.32 Å². The third kappa shape index (κ3) is 3.77. The molecular weight excluding hydrogens is 225 g/mol. The van der Waals surface area contributed by atoms with Crippen LogP contribution in [0, 0.1) is 0 Å². The Morgan fingerprint density at radius 2 is 1.81 bits per heavy atom. The zero-order valence-electron chi connectivity index (χ0n) is 7.95. The summed E-state index contributed by atoms with van der Waals surface area (Å²) >= 11 is 0. The molecule has 1 atom stereocenters. The van der Waals surface area contributed by atoms with Crippen LogP contribution < -0.4 is 10.6 Å². The number of halogens is 3. The van der Waals surface area contributed by atoms with E-state index < -0.39 is 18.4 Å². The highest BCUT2D eigenvalue weighted by atomic mass is 19.4. The summed E-state index contributed by atoms with van der Waals surface area (Å²) in [5.74, 6) is 0. The molecule has 88 valence electrons. The molecule has 1 rings (SSSR count). The van der Waals surface area contributed by atoms with E-state index in [-0.39, 0.29) is 0 Å². The van der Waals surface area contributed by atoms with E-state index in [2.05, 4.69) is 5.32 Å². The molecule has 0 spiro atoms. The van der Waals surface area contributed by atoms with Gasteiger partial charge in [-0.25, -0.2) is 4.79 Å². The van der Waals surface area contributed by atoms with Crippen molar-refractivity contribution in [1.82, 2.24) is 5.32 Å². The summed E-state index contributed by atoms with van der Waals surface area (Å²) in [7, 11) is 0. The third-order valence-electron chi connectivity index (χ3n) is 1.61. The number of benzene rings is 1. The molecule has 0 saturated carbocycles. The molecule has 16 heavy (non-hydrogen) atoms. The van der Waals surface area contributed by atoms with Gasteiger partial charge in [-0.05, 0) is 12.1 Å². The van der Waals surface area contributed by atoms with Crippen LogP contribution in [0.25, 0.3) is 0 Å². The smallest absolute Gasteiger partial charge is 0.366 e. The van der Waals surface area contributed by atoms with Gasteiger partial charge in [-0.2, -0.15) is 13.2 Å². The molecule has 2 amide bonds. The van der Waals surface area contributed by atoms with Gasteiger partial charge >= 0.3 is 12.2 Å². The van der Waals surface area contributed by atoms with Gasteiger partial charge in [0.25, 0.3) is 0 Å². The number of aliphatic hydroxyl groups is 1. The fourth-order valence-corrected chi connectivity index (χ4v) is 0.895. The topological polar surface area (TPSA) is 61.4 Å². The summed E-state index contributed by atoms with van der Waals surface area (Å²) in [6.07, 6.45) is -7.76. The maximum absolute atomic E-state index is 11.9. The van der Waals surface area contributed by atoms with E-state index in [1.165, 1.54) is 17.4 Å². The molecule has 1 unspecified atom stereocenters. The Labute approximate surface area is 89.1 Å². The SMILES string of the molecule is O=C(Nc1ccccc1)NC(O)C(F)(F)F. The molecule has 1 aromatic rings. The number of anilines is 1. The van der Waals surface area contributed by atoms with Gasteiger partial charge < -0.3 is 15.7 Å². The Kier molecular flexibility index (Phi) is 3.73. The molecule has 3 N–H and O–H groups in total. The number of hydrogen-bond donors (Lipinski definition) is 3. The molecule has 0 aliphatic heterocycles. The van der Waals surface area contributed by atoms with Crippen LogP contribution in [0.1, 0.15) is 0 Å². The Balaban J connectivity index is 2.49. The molecular formula is C9H9F3N2O2. The quantitative estimate of drug-likeness (QED) is 0.682. The molecule has 0 radical (unpaired) electrons. The summed E-state index contributed by atoms with van der Waals surface area (Å²) in [5.41, 5.74) is 0.328. The molecule has 0 saturated heterocycles. The Bertz CT molecular complexity index is 354. The van der Waals surface area contributed by atoms with Gasteiger partial charge in [0.05, 0.1) is 0 Å². The van der Waals surface area contributed by atoms with Crippen molar-refractivity contribution in [2.45, 2.75) is 12.4 Å². The lowest BCUT2D eigenvalue weighted by Gasteiger charge is -2.16. The molecule has 0 aromatic heterocycles. The first-order valence-corrected chi connectivity index (χ1v) is 4.27. The van der Waals surface area contributed by atoms with Crippen molar-refractivity contribution in [3.05, 3.63) is 30.3 Å². The lowest BCUT2D eigenvalue weighted by Crippen LogP contribution is -2.46. The first-order chi connectivity index (χ1) is 7.39. The van der Waals surface area contributed by atoms with Crippen LogP contribution in [-0.2, 0) is 0 Å². The number of nitrogens with one attached hydrogen (secondary N) is 2. The molecule has 1 aromatic carbocycles. The number of hydrogen-bond acceptors (Lipinski definition) is 2. The van der Waals surface area contributed by atoms with E-state index in [0.717, 1.165) is 0 Å². The third-order valence-corrected chi connectivity index (χ3v) is 1.61. The van der Waals surface area contributed by atoms with Crippen LogP contribution >= 0.6 is 0 Å². The average Bonchev–Trinajstić information content (AvgIpc) is 2.17. The molecule has 0 aliphatic carbocycles. The van der Waals surface area contributed by atoms with Crippen LogP contribution in [0.4, 0.5) is 23.7 Å². The largest absolute Gasteiger partial charge is 0.433 e. The summed E-state index contributed by atoms with van der Waals surface area (Å²) < 4.78 is 35.6. The van der Waals surface area contributed by atoms with Crippen molar-refractivity contribution in [3.8, 4) is 0 Å². The van der Waals surface area contributed by atoms with Gasteiger partial charge in [0.2, 0.25) is 6.23 Å². The predicted octanol–water partition coefficient (Wildman–Crippen LogP) is 1.69. The molecule has 0 heterocycles. The summed E-state index contributed by atoms with van der Waals surface area (Å²) in [5, 5.41) is 12.0. The minimum atomic E-state index is -4.88. The minimum absolute atomic E-state index is 0.328. The maximum Gasteiger partial charge on any atom is 0.433 e. The molecule has 0 aliphatic rings. The standard InChI is InChI=1S/C9H9F3N2O2/c10-9(11,12)7(15)14-8(16)13-6-4-2-1-3-5-6/h1-5,7,15H,(H2,13,14,16). The number of para-hydroxylation sites is 1. The highest BCUT2D eigenvalue weighted by molar-refractivity contribution is 5.89. The lowest BCUT2D eigenvalue weighted by atomic mass is 10.3. The first kappa shape index (κ1) is 12.3. The van der Waals surface area contributed by atoms with Crippen molar-refractivity contribution < 1.29 is 23.1 Å². The van der Waals surface area contributed by atoms with Crippen molar-refractivity contribution in [2.24, 2.45) is 0 Å². The van der Waals surface area contributed by atoms with E-state index >= 15 is 0 Å². The normalized spacial score (nSPS) is 13.0. The summed E-state index contributed by atoms with van der Waals surface area (Å²) in [4.78, 5) is 11.0. The molecule has 7 heteroatoms. The van der Waals surface area contributed by atoms with Gasteiger partial charge in [0.15, 0.2) is 0 Å². The van der Waals surface area contributed by atoms with Crippen LogP contribution in [0.2, 0.25) is 0 Å². The number of rotatable bonds is 2. The van der Waals surface area contributed by atoms with Gasteiger partial charge in [-0.1, -0.05) is 18.2 Å². The van der Waals surface area contributed by atoms with Gasteiger partial charge in [-0.15, -0.1) is 0 Å². The van der Waals surface area contributed by atoms with Crippen molar-refractivity contribution in [3.63, 3.8) is 0 Å². The van der Waals surface area contributed by atoms with Crippen molar-refractivity contribution >= 4 is 11.7 Å². The zero-order valence-corrected chi connectivity index (χ0v) is 7.95. The maximum atomic E-state index is 11.9. The lowest BCUT2D eigenvalue weighted by molar-refractivity contribution is -0.209. The Morgan fingerprint density at radius 3 is 2.31 bits per heavy atom. The van der Waals surface area contributed by atoms with Crippen LogP contribution in [-0.4, -0.2) is 23.5 Å². The second kappa shape index (κ2) is 4.84. The van der Waals surface area contributed by atoms with Gasteiger partial charge in [0.1, 0.15) is 0 Å². The Hall–Kier alpha value is -1.76. The highest BCUT2D eigenvalue weighted by Crippen LogP contribution is 2.18. The highest BCUT2D eigenvalue weighted by Gasteiger charge is 2.39. The van der Waals surface area contributed by atoms with Gasteiger partial charge in [-0.3, -0.25) is 0 Å². The second-order valence-corrected chi connectivity index (χ2v) is 2.91. The van der Waals surface area contributed by atoms with E-state index in [4.69, 9.17) is 5.11 Å². The summed E-state index contributed by atoms with van der Waals surface area (Å²) in [6, 6.07) is 6.77. The first-order valence-electron chi connectivity index (χ1n) is 4.27. The molecule has 0 bridgehead atoms. The predicted molar refractivity (Wildman–Crippen MR) is 50.7 cm³/mol. The number of urea groups is 1. The van der Waals surface area contributed by atoms with Crippen LogP contribution in [0.3, 0.4) is 0 Å². The fraction of sp³-hybridized carbons (Fsp3) is 0.222. The number of aliphatic hydroxyl groups excluding tert-OH is 1. The van der Waals surface area contributed by atoms with E-state index in [1.54, 1.807) is 18.2 Å². The van der Waals surface area contributed by atoms with Crippen molar-refractivity contribution in [1.29, 1.82) is 0 Å². The number of alkyl halides is 3. The number of carbonyl (C=O) groups excluding carboxylic acids is 1. The minimum Gasteiger partial charge on any atom is -0.366 e. The van der Waals surface area contributed by atoms with Gasteiger partial charge in [0, 0.05) is 5.69 Å². The Morgan fingerprint density at radius 1 is 1.25 bits per heavy atom. The van der Waals surface area contributed by atoms with E-state index in [9.17, 15) is 18.0 Å². The second-order valence-electron chi connectivity index (χ2n) is 2.91. The molecule has 4 nitrogen and oxygen atoms in total. The fourth-order valence-electron chi connectivity index (χ4n) is 0.895. The molecule has 0 fully saturated rings.